The van der Waals surface area contributed by atoms with E-state index in [4.69, 9.17) is 4.52 Å². The van der Waals surface area contributed by atoms with E-state index in [0.717, 1.165) is 12.8 Å². The maximum Gasteiger partial charge on any atom is 0.261 e. The second kappa shape index (κ2) is 8.46. The Balaban J connectivity index is 1.39. The molecule has 1 fully saturated rings. The number of carbonyl (C=O) groups excluding carboxylic acids is 1. The van der Waals surface area contributed by atoms with Gasteiger partial charge in [0.25, 0.3) is 15.9 Å². The molecule has 0 saturated carbocycles. The van der Waals surface area contributed by atoms with Gasteiger partial charge in [0.15, 0.2) is 5.82 Å². The molecular formula is C21H21FN4O4S. The third-order valence-electron chi connectivity index (χ3n) is 5.18. The van der Waals surface area contributed by atoms with Gasteiger partial charge in [0.1, 0.15) is 5.82 Å². The fraction of sp³-hybridized carbons (Fsp3) is 0.286. The van der Waals surface area contributed by atoms with E-state index in [1.54, 1.807) is 11.8 Å². The number of rotatable bonds is 5. The van der Waals surface area contributed by atoms with E-state index in [2.05, 4.69) is 14.9 Å². The molecule has 3 aromatic rings. The number of nitrogens with zero attached hydrogens (tertiary/aromatic N) is 3. The zero-order valence-corrected chi connectivity index (χ0v) is 17.6. The summed E-state index contributed by atoms with van der Waals surface area (Å²) in [5.74, 6) is 0.721. The summed E-state index contributed by atoms with van der Waals surface area (Å²) in [5.41, 5.74) is 0.661. The van der Waals surface area contributed by atoms with Gasteiger partial charge in [-0.3, -0.25) is 9.52 Å². The summed E-state index contributed by atoms with van der Waals surface area (Å²) in [5, 5.41) is 3.81. The van der Waals surface area contributed by atoms with Gasteiger partial charge in [-0.05, 0) is 68.3 Å². The summed E-state index contributed by atoms with van der Waals surface area (Å²) in [6.45, 7) is 2.87. The molecule has 2 heterocycles. The third-order valence-corrected chi connectivity index (χ3v) is 6.58. The molecule has 1 aliphatic rings. The first-order chi connectivity index (χ1) is 14.8. The van der Waals surface area contributed by atoms with Gasteiger partial charge in [0.05, 0.1) is 4.90 Å². The number of likely N-dealkylation sites (tertiary alicyclic amines) is 1. The first kappa shape index (κ1) is 21.0. The first-order valence-electron chi connectivity index (χ1n) is 9.80. The molecule has 1 aromatic heterocycles. The summed E-state index contributed by atoms with van der Waals surface area (Å²) in [6.07, 6.45) is 1.45. The Morgan fingerprint density at radius 2 is 1.74 bits per heavy atom. The number of carbonyl (C=O) groups is 1. The maximum atomic E-state index is 13.0. The summed E-state index contributed by atoms with van der Waals surface area (Å²) in [4.78, 5) is 18.8. The molecule has 4 rings (SSSR count). The lowest BCUT2D eigenvalue weighted by Crippen LogP contribution is -2.38. The average Bonchev–Trinajstić information content (AvgIpc) is 3.21. The highest BCUT2D eigenvalue weighted by atomic mass is 32.2. The highest BCUT2D eigenvalue weighted by molar-refractivity contribution is 7.92. The van der Waals surface area contributed by atoms with Crippen LogP contribution in [0.15, 0.2) is 57.9 Å². The van der Waals surface area contributed by atoms with Crippen molar-refractivity contribution in [1.82, 2.24) is 15.0 Å². The molecular weight excluding hydrogens is 423 g/mol. The van der Waals surface area contributed by atoms with Gasteiger partial charge in [-0.1, -0.05) is 5.16 Å². The largest absolute Gasteiger partial charge is 0.339 e. The van der Waals surface area contributed by atoms with Crippen molar-refractivity contribution in [3.8, 4) is 0 Å². The van der Waals surface area contributed by atoms with Crippen LogP contribution < -0.4 is 4.72 Å². The number of piperidine rings is 1. The molecule has 1 saturated heterocycles. The van der Waals surface area contributed by atoms with Crippen molar-refractivity contribution < 1.29 is 22.1 Å². The van der Waals surface area contributed by atoms with Gasteiger partial charge in [0.2, 0.25) is 5.89 Å². The van der Waals surface area contributed by atoms with Gasteiger partial charge in [0, 0.05) is 30.3 Å². The van der Waals surface area contributed by atoms with Crippen LogP contribution in [0.4, 0.5) is 10.1 Å². The number of halogens is 1. The van der Waals surface area contributed by atoms with E-state index in [1.807, 2.05) is 0 Å². The molecule has 0 aliphatic carbocycles. The Morgan fingerprint density at radius 1 is 1.10 bits per heavy atom. The van der Waals surface area contributed by atoms with Gasteiger partial charge in [-0.15, -0.1) is 0 Å². The van der Waals surface area contributed by atoms with Crippen LogP contribution in [0.1, 0.15) is 40.8 Å². The Bertz CT molecular complexity index is 1170. The molecule has 1 aliphatic heterocycles. The molecule has 1 amide bonds. The minimum absolute atomic E-state index is 0.0128. The fourth-order valence-electron chi connectivity index (χ4n) is 3.50. The topological polar surface area (TPSA) is 105 Å². The molecule has 162 valence electrons. The molecule has 0 radical (unpaired) electrons. The lowest BCUT2D eigenvalue weighted by molar-refractivity contribution is 0.0704. The normalized spacial score (nSPS) is 15.1. The minimum Gasteiger partial charge on any atom is -0.339 e. The molecule has 31 heavy (non-hydrogen) atoms. The van der Waals surface area contributed by atoms with Crippen LogP contribution in [0, 0.1) is 12.7 Å². The van der Waals surface area contributed by atoms with Crippen molar-refractivity contribution in [2.45, 2.75) is 30.6 Å². The lowest BCUT2D eigenvalue weighted by atomic mass is 9.96. The van der Waals surface area contributed by atoms with Crippen LogP contribution in [-0.2, 0) is 10.0 Å². The van der Waals surface area contributed by atoms with Crippen molar-refractivity contribution in [2.24, 2.45) is 0 Å². The van der Waals surface area contributed by atoms with E-state index >= 15 is 0 Å². The predicted octanol–water partition coefficient (Wildman–Crippen LogP) is 3.34. The molecule has 0 bridgehead atoms. The van der Waals surface area contributed by atoms with Crippen molar-refractivity contribution in [1.29, 1.82) is 0 Å². The van der Waals surface area contributed by atoms with Gasteiger partial charge < -0.3 is 9.42 Å². The van der Waals surface area contributed by atoms with E-state index in [9.17, 15) is 17.6 Å². The van der Waals surface area contributed by atoms with Crippen molar-refractivity contribution >= 4 is 21.6 Å². The minimum atomic E-state index is -3.85. The smallest absolute Gasteiger partial charge is 0.261 e. The number of aromatic nitrogens is 2. The Labute approximate surface area is 179 Å². The number of amides is 1. The molecule has 0 spiro atoms. The number of anilines is 1. The number of sulfonamides is 1. The Kier molecular flexibility index (Phi) is 5.73. The summed E-state index contributed by atoms with van der Waals surface area (Å²) < 4.78 is 45.7. The van der Waals surface area contributed by atoms with E-state index in [-0.39, 0.29) is 22.4 Å². The molecule has 0 unspecified atom stereocenters. The summed E-state index contributed by atoms with van der Waals surface area (Å²) >= 11 is 0. The van der Waals surface area contributed by atoms with Gasteiger partial charge in [-0.25, -0.2) is 12.8 Å². The van der Waals surface area contributed by atoms with Crippen LogP contribution in [0.5, 0.6) is 0 Å². The second-order valence-electron chi connectivity index (χ2n) is 7.38. The number of hydrogen-bond donors (Lipinski definition) is 1. The summed E-state index contributed by atoms with van der Waals surface area (Å²) in [7, 11) is -3.85. The Hall–Kier alpha value is -3.27. The summed E-state index contributed by atoms with van der Waals surface area (Å²) in [6, 6.07) is 10.8. The van der Waals surface area contributed by atoms with Gasteiger partial charge in [-0.2, -0.15) is 4.98 Å². The monoisotopic (exact) mass is 444 g/mol. The number of hydrogen-bond acceptors (Lipinski definition) is 6. The predicted molar refractivity (Wildman–Crippen MR) is 111 cm³/mol. The zero-order chi connectivity index (χ0) is 22.0. The van der Waals surface area contributed by atoms with Crippen LogP contribution in [0.25, 0.3) is 0 Å². The van der Waals surface area contributed by atoms with Crippen molar-refractivity contribution in [3.05, 3.63) is 71.6 Å². The molecule has 10 heteroatoms. The lowest BCUT2D eigenvalue weighted by Gasteiger charge is -2.30. The first-order valence-corrected chi connectivity index (χ1v) is 11.3. The molecule has 2 aromatic carbocycles. The third kappa shape index (κ3) is 4.74. The molecule has 1 N–H and O–H groups in total. The number of aryl methyl sites for hydroxylation is 1. The SMILES string of the molecule is Cc1noc(C2CCN(C(=O)c3ccc(S(=O)(=O)Nc4ccc(F)cc4)cc3)CC2)n1. The standard InChI is InChI=1S/C21H21FN4O4S/c1-14-23-20(30-24-14)15-10-12-26(13-11-15)21(27)16-2-8-19(9-3-16)31(28,29)25-18-6-4-17(22)5-7-18/h2-9,15,25H,10-13H2,1H3. The average molecular weight is 444 g/mol. The zero-order valence-electron chi connectivity index (χ0n) is 16.8. The highest BCUT2D eigenvalue weighted by Crippen LogP contribution is 2.27. The van der Waals surface area contributed by atoms with E-state index < -0.39 is 15.8 Å². The maximum absolute atomic E-state index is 13.0. The van der Waals surface area contributed by atoms with Crippen LogP contribution in [0.3, 0.4) is 0 Å². The number of benzene rings is 2. The Morgan fingerprint density at radius 3 is 2.32 bits per heavy atom. The van der Waals surface area contributed by atoms with Gasteiger partial charge >= 0.3 is 0 Å². The molecule has 0 atom stereocenters. The van der Waals surface area contributed by atoms with E-state index in [0.29, 0.717) is 30.4 Å². The van der Waals surface area contributed by atoms with E-state index in [1.165, 1.54) is 48.5 Å². The quantitative estimate of drug-likeness (QED) is 0.647. The van der Waals surface area contributed by atoms with Crippen LogP contribution >= 0.6 is 0 Å². The van der Waals surface area contributed by atoms with Crippen molar-refractivity contribution in [3.63, 3.8) is 0 Å². The second-order valence-corrected chi connectivity index (χ2v) is 9.07. The van der Waals surface area contributed by atoms with Crippen LogP contribution in [-0.4, -0.2) is 42.5 Å². The van der Waals surface area contributed by atoms with Crippen molar-refractivity contribution in [2.75, 3.05) is 17.8 Å². The fourth-order valence-corrected chi connectivity index (χ4v) is 4.56. The highest BCUT2D eigenvalue weighted by Gasteiger charge is 2.28. The van der Waals surface area contributed by atoms with Crippen LogP contribution in [0.2, 0.25) is 0 Å². The molecule has 8 nitrogen and oxygen atoms in total. The number of nitrogens with one attached hydrogen (secondary N) is 1.